The lowest BCUT2D eigenvalue weighted by Gasteiger charge is -2.14. The van der Waals surface area contributed by atoms with Crippen molar-refractivity contribution in [1.82, 2.24) is 15.3 Å². The molecule has 0 spiro atoms. The summed E-state index contributed by atoms with van der Waals surface area (Å²) < 4.78 is 5.55. The number of rotatable bonds is 5. The van der Waals surface area contributed by atoms with Gasteiger partial charge in [-0.3, -0.25) is 20.1 Å². The van der Waals surface area contributed by atoms with Crippen LogP contribution in [0.3, 0.4) is 0 Å². The highest BCUT2D eigenvalue weighted by Crippen LogP contribution is 2.16. The predicted octanol–water partition coefficient (Wildman–Crippen LogP) is 1.53. The summed E-state index contributed by atoms with van der Waals surface area (Å²) in [6.07, 6.45) is 0. The van der Waals surface area contributed by atoms with Crippen molar-refractivity contribution in [2.24, 2.45) is 5.84 Å². The fraction of sp³-hybridized carbons (Fsp3) is 0.333. The number of amides is 1. The molecule has 0 saturated heterocycles. The molecule has 2 aromatic rings. The molecule has 0 aliphatic rings. The Balaban J connectivity index is 2.03. The van der Waals surface area contributed by atoms with E-state index < -0.39 is 5.91 Å². The van der Waals surface area contributed by atoms with Gasteiger partial charge in [-0.1, -0.05) is 6.07 Å². The number of nitrogens with zero attached hydrogens (tertiary/aromatic N) is 2. The molecule has 6 nitrogen and oxygen atoms in total. The monoisotopic (exact) mass is 288 g/mol. The van der Waals surface area contributed by atoms with E-state index in [-0.39, 0.29) is 5.76 Å². The molecule has 0 aliphatic carbocycles. The summed E-state index contributed by atoms with van der Waals surface area (Å²) in [6.45, 7) is 5.09. The van der Waals surface area contributed by atoms with Crippen LogP contribution in [-0.4, -0.2) is 22.8 Å². The number of carbonyl (C=O) groups is 1. The van der Waals surface area contributed by atoms with Crippen LogP contribution >= 0.6 is 0 Å². The average molecular weight is 288 g/mol. The minimum absolute atomic E-state index is 0.259. The standard InChI is InChI=1S/C15H20N4O2/c1-10-7-13(21-14(10)15(20)18-16)9-19(3)8-12-6-4-5-11(2)17-12/h4-7H,8-9,16H2,1-3H3,(H,18,20). The average Bonchev–Trinajstić information content (AvgIpc) is 2.78. The van der Waals surface area contributed by atoms with E-state index in [0.717, 1.165) is 22.7 Å². The van der Waals surface area contributed by atoms with Gasteiger partial charge < -0.3 is 4.42 Å². The number of hydrazine groups is 1. The number of nitrogens with one attached hydrogen (secondary N) is 1. The summed E-state index contributed by atoms with van der Waals surface area (Å²) in [5, 5.41) is 0. The molecule has 2 aromatic heterocycles. The largest absolute Gasteiger partial charge is 0.454 e. The number of pyridine rings is 1. The maximum atomic E-state index is 11.5. The second-order valence-electron chi connectivity index (χ2n) is 5.14. The quantitative estimate of drug-likeness (QED) is 0.495. The Hall–Kier alpha value is -2.18. The summed E-state index contributed by atoms with van der Waals surface area (Å²) in [6, 6.07) is 7.80. The van der Waals surface area contributed by atoms with Gasteiger partial charge >= 0.3 is 5.91 Å². The van der Waals surface area contributed by atoms with Gasteiger partial charge in [-0.05, 0) is 39.1 Å². The second kappa shape index (κ2) is 6.51. The van der Waals surface area contributed by atoms with Crippen LogP contribution in [-0.2, 0) is 13.1 Å². The van der Waals surface area contributed by atoms with E-state index in [2.05, 4.69) is 15.3 Å². The molecule has 2 rings (SSSR count). The van der Waals surface area contributed by atoms with Gasteiger partial charge in [-0.2, -0.15) is 0 Å². The molecule has 1 amide bonds. The van der Waals surface area contributed by atoms with Crippen LogP contribution in [0.5, 0.6) is 0 Å². The Labute approximate surface area is 123 Å². The molecular formula is C15H20N4O2. The van der Waals surface area contributed by atoms with Gasteiger partial charge in [0.15, 0.2) is 5.76 Å². The molecular weight excluding hydrogens is 268 g/mol. The molecule has 112 valence electrons. The predicted molar refractivity (Wildman–Crippen MR) is 79.2 cm³/mol. The van der Waals surface area contributed by atoms with E-state index in [1.165, 1.54) is 0 Å². The number of furan rings is 1. The third-order valence-corrected chi connectivity index (χ3v) is 3.11. The molecule has 21 heavy (non-hydrogen) atoms. The van der Waals surface area contributed by atoms with Crippen molar-refractivity contribution < 1.29 is 9.21 Å². The molecule has 0 atom stereocenters. The van der Waals surface area contributed by atoms with E-state index in [9.17, 15) is 4.79 Å². The lowest BCUT2D eigenvalue weighted by molar-refractivity contribution is 0.0921. The van der Waals surface area contributed by atoms with E-state index in [1.54, 1.807) is 0 Å². The molecule has 0 fully saturated rings. The van der Waals surface area contributed by atoms with E-state index >= 15 is 0 Å². The van der Waals surface area contributed by atoms with Crippen LogP contribution in [0.2, 0.25) is 0 Å². The minimum Gasteiger partial charge on any atom is -0.454 e. The molecule has 0 bridgehead atoms. The highest BCUT2D eigenvalue weighted by Gasteiger charge is 2.15. The molecule has 0 radical (unpaired) electrons. The molecule has 0 saturated carbocycles. The number of hydrogen-bond acceptors (Lipinski definition) is 5. The number of nitrogens with two attached hydrogens (primary N) is 1. The van der Waals surface area contributed by atoms with Gasteiger partial charge in [0.05, 0.1) is 12.2 Å². The third kappa shape index (κ3) is 3.90. The maximum Gasteiger partial charge on any atom is 0.301 e. The van der Waals surface area contributed by atoms with Gasteiger partial charge in [0, 0.05) is 17.8 Å². The van der Waals surface area contributed by atoms with Crippen LogP contribution in [0.1, 0.15) is 33.3 Å². The van der Waals surface area contributed by atoms with Crippen LogP contribution in [0.15, 0.2) is 28.7 Å². The Morgan fingerprint density at radius 1 is 1.38 bits per heavy atom. The minimum atomic E-state index is -0.415. The Kier molecular flexibility index (Phi) is 4.72. The van der Waals surface area contributed by atoms with Crippen molar-refractivity contribution in [3.63, 3.8) is 0 Å². The zero-order chi connectivity index (χ0) is 15.4. The van der Waals surface area contributed by atoms with Crippen LogP contribution in [0, 0.1) is 13.8 Å². The topological polar surface area (TPSA) is 84.4 Å². The van der Waals surface area contributed by atoms with Gasteiger partial charge in [-0.25, -0.2) is 5.84 Å². The maximum absolute atomic E-state index is 11.5. The fourth-order valence-corrected chi connectivity index (χ4v) is 2.20. The first-order valence-electron chi connectivity index (χ1n) is 6.71. The number of nitrogen functional groups attached to an aromatic ring is 1. The number of carbonyl (C=O) groups excluding carboxylic acids is 1. The second-order valence-corrected chi connectivity index (χ2v) is 5.14. The van der Waals surface area contributed by atoms with Crippen LogP contribution in [0.25, 0.3) is 0 Å². The number of aromatic nitrogens is 1. The normalized spacial score (nSPS) is 10.9. The number of hydrogen-bond donors (Lipinski definition) is 2. The smallest absolute Gasteiger partial charge is 0.301 e. The molecule has 0 aromatic carbocycles. The molecule has 3 N–H and O–H groups in total. The molecule has 0 unspecified atom stereocenters. The fourth-order valence-electron chi connectivity index (χ4n) is 2.20. The van der Waals surface area contributed by atoms with Crippen molar-refractivity contribution >= 4 is 5.91 Å². The zero-order valence-corrected chi connectivity index (χ0v) is 12.5. The summed E-state index contributed by atoms with van der Waals surface area (Å²) >= 11 is 0. The van der Waals surface area contributed by atoms with Crippen LogP contribution < -0.4 is 11.3 Å². The van der Waals surface area contributed by atoms with Crippen molar-refractivity contribution in [2.45, 2.75) is 26.9 Å². The number of aryl methyl sites for hydroxylation is 2. The molecule has 2 heterocycles. The lowest BCUT2D eigenvalue weighted by atomic mass is 10.2. The van der Waals surface area contributed by atoms with E-state index in [4.69, 9.17) is 10.3 Å². The Morgan fingerprint density at radius 2 is 2.14 bits per heavy atom. The van der Waals surface area contributed by atoms with Gasteiger partial charge in [-0.15, -0.1) is 0 Å². The first-order chi connectivity index (χ1) is 9.99. The molecule has 6 heteroatoms. The zero-order valence-electron chi connectivity index (χ0n) is 12.5. The van der Waals surface area contributed by atoms with Gasteiger partial charge in [0.25, 0.3) is 0 Å². The van der Waals surface area contributed by atoms with Gasteiger partial charge in [0.1, 0.15) is 5.76 Å². The van der Waals surface area contributed by atoms with E-state index in [1.807, 2.05) is 45.2 Å². The van der Waals surface area contributed by atoms with Crippen molar-refractivity contribution in [1.29, 1.82) is 0 Å². The van der Waals surface area contributed by atoms with Gasteiger partial charge in [0.2, 0.25) is 0 Å². The highest BCUT2D eigenvalue weighted by molar-refractivity contribution is 5.92. The van der Waals surface area contributed by atoms with Crippen molar-refractivity contribution in [3.8, 4) is 0 Å². The summed E-state index contributed by atoms with van der Waals surface area (Å²) in [5.74, 6) is 5.69. The van der Waals surface area contributed by atoms with Crippen molar-refractivity contribution in [3.05, 3.63) is 52.7 Å². The summed E-state index contributed by atoms with van der Waals surface area (Å²) in [5.41, 5.74) is 4.85. The SMILES string of the molecule is Cc1cccc(CN(C)Cc2cc(C)c(C(=O)NN)o2)n1. The summed E-state index contributed by atoms with van der Waals surface area (Å²) in [4.78, 5) is 18.0. The van der Waals surface area contributed by atoms with Crippen LogP contribution in [0.4, 0.5) is 0 Å². The first-order valence-corrected chi connectivity index (χ1v) is 6.71. The molecule has 0 aliphatic heterocycles. The third-order valence-electron chi connectivity index (χ3n) is 3.11. The Morgan fingerprint density at radius 3 is 2.81 bits per heavy atom. The summed E-state index contributed by atoms with van der Waals surface area (Å²) in [7, 11) is 1.98. The van der Waals surface area contributed by atoms with E-state index in [0.29, 0.717) is 13.1 Å². The first kappa shape index (κ1) is 15.2. The van der Waals surface area contributed by atoms with Crippen molar-refractivity contribution in [2.75, 3.05) is 7.05 Å². The Bertz CT molecular complexity index is 636. The highest BCUT2D eigenvalue weighted by atomic mass is 16.4. The lowest BCUT2D eigenvalue weighted by Crippen LogP contribution is -2.30.